The molecule has 5 nitrogen and oxygen atoms in total. The molecule has 4 rings (SSSR count). The fraction of sp³-hybridized carbons (Fsp3) is 0.391. The molecule has 2 aromatic carbocycles. The number of rotatable bonds is 5. The van der Waals surface area contributed by atoms with Crippen molar-refractivity contribution in [3.8, 4) is 5.75 Å². The fourth-order valence-corrected chi connectivity index (χ4v) is 3.83. The Morgan fingerprint density at radius 3 is 2.50 bits per heavy atom. The van der Waals surface area contributed by atoms with Crippen molar-refractivity contribution in [3.63, 3.8) is 0 Å². The molecule has 0 saturated carbocycles. The summed E-state index contributed by atoms with van der Waals surface area (Å²) < 4.78 is 5.49. The Balaban J connectivity index is 1.59. The lowest BCUT2D eigenvalue weighted by Crippen LogP contribution is -2.44. The number of ether oxygens (including phenoxy) is 1. The van der Waals surface area contributed by atoms with Crippen LogP contribution >= 0.6 is 0 Å². The zero-order chi connectivity index (χ0) is 19.5. The molecule has 1 amide bonds. The molecule has 2 aromatic rings. The third-order valence-electron chi connectivity index (χ3n) is 5.50. The quantitative estimate of drug-likeness (QED) is 0.783. The van der Waals surface area contributed by atoms with Crippen LogP contribution in [0.4, 0.5) is 11.4 Å². The van der Waals surface area contributed by atoms with Crippen molar-refractivity contribution in [2.45, 2.75) is 26.7 Å². The molecule has 1 fully saturated rings. The first-order valence-corrected chi connectivity index (χ1v) is 10.1. The Hall–Kier alpha value is -2.66. The number of hydrogen-bond donors (Lipinski definition) is 0. The van der Waals surface area contributed by atoms with Crippen molar-refractivity contribution in [1.82, 2.24) is 4.90 Å². The van der Waals surface area contributed by atoms with Crippen LogP contribution in [0.1, 0.15) is 32.3 Å². The highest BCUT2D eigenvalue weighted by atomic mass is 16.5. The molecule has 1 saturated heterocycles. The van der Waals surface area contributed by atoms with Crippen molar-refractivity contribution in [2.24, 2.45) is 10.9 Å². The number of aliphatic imine (C=N–C) groups is 1. The van der Waals surface area contributed by atoms with Crippen molar-refractivity contribution in [2.75, 3.05) is 31.3 Å². The molecule has 0 aromatic heterocycles. The average Bonchev–Trinajstić information content (AvgIpc) is 2.97. The fourth-order valence-electron chi connectivity index (χ4n) is 3.83. The summed E-state index contributed by atoms with van der Waals surface area (Å²) in [4.78, 5) is 22.1. The lowest BCUT2D eigenvalue weighted by atomic mass is 10.00. The second-order valence-corrected chi connectivity index (χ2v) is 7.58. The largest absolute Gasteiger partial charge is 0.494 e. The topological polar surface area (TPSA) is 45.1 Å². The van der Waals surface area contributed by atoms with Crippen LogP contribution in [0, 0.1) is 5.92 Å². The van der Waals surface area contributed by atoms with E-state index in [-0.39, 0.29) is 5.91 Å². The third kappa shape index (κ3) is 3.80. The molecule has 0 unspecified atom stereocenters. The van der Waals surface area contributed by atoms with E-state index in [0.717, 1.165) is 41.7 Å². The number of nitrogens with zero attached hydrogens (tertiary/aromatic N) is 3. The van der Waals surface area contributed by atoms with E-state index >= 15 is 0 Å². The number of hydrogen-bond acceptors (Lipinski definition) is 4. The van der Waals surface area contributed by atoms with Gasteiger partial charge in [0.2, 0.25) is 0 Å². The minimum atomic E-state index is -0.0197. The number of carbonyl (C=O) groups excluding carboxylic acids is 1. The van der Waals surface area contributed by atoms with Gasteiger partial charge in [0.25, 0.3) is 5.91 Å². The normalized spacial score (nSPS) is 19.3. The van der Waals surface area contributed by atoms with Crippen LogP contribution in [0.3, 0.4) is 0 Å². The highest BCUT2D eigenvalue weighted by Crippen LogP contribution is 2.32. The lowest BCUT2D eigenvalue weighted by molar-refractivity contribution is -0.112. The third-order valence-corrected chi connectivity index (χ3v) is 5.50. The number of amides is 1. The zero-order valence-electron chi connectivity index (χ0n) is 16.6. The molecular formula is C23H27N3O2. The van der Waals surface area contributed by atoms with Crippen molar-refractivity contribution in [3.05, 3.63) is 54.1 Å². The predicted octanol–water partition coefficient (Wildman–Crippen LogP) is 4.24. The van der Waals surface area contributed by atoms with E-state index in [1.165, 1.54) is 12.8 Å². The molecule has 146 valence electrons. The van der Waals surface area contributed by atoms with Gasteiger partial charge in [-0.1, -0.05) is 25.1 Å². The van der Waals surface area contributed by atoms with Gasteiger partial charge in [-0.05, 0) is 56.0 Å². The molecule has 0 bridgehead atoms. The summed E-state index contributed by atoms with van der Waals surface area (Å²) in [5.74, 6) is 1.56. The van der Waals surface area contributed by atoms with Crippen LogP contribution in [0.25, 0.3) is 0 Å². The van der Waals surface area contributed by atoms with Gasteiger partial charge in [0.05, 0.1) is 24.7 Å². The highest BCUT2D eigenvalue weighted by molar-refractivity contribution is 6.54. The van der Waals surface area contributed by atoms with Crippen molar-refractivity contribution in [1.29, 1.82) is 0 Å². The van der Waals surface area contributed by atoms with Crippen LogP contribution in [0.5, 0.6) is 5.75 Å². The number of para-hydroxylation sites is 1. The molecule has 5 heteroatoms. The number of likely N-dealkylation sites (tertiary alicyclic amines) is 1. The Morgan fingerprint density at radius 2 is 1.79 bits per heavy atom. The van der Waals surface area contributed by atoms with Gasteiger partial charge in [-0.2, -0.15) is 0 Å². The first kappa shape index (κ1) is 18.7. The Labute approximate surface area is 166 Å². The van der Waals surface area contributed by atoms with Gasteiger partial charge in [0, 0.05) is 18.7 Å². The van der Waals surface area contributed by atoms with Gasteiger partial charge in [-0.25, -0.2) is 4.99 Å². The number of piperidine rings is 1. The summed E-state index contributed by atoms with van der Waals surface area (Å²) in [5, 5.41) is 0. The van der Waals surface area contributed by atoms with E-state index in [0.29, 0.717) is 19.0 Å². The van der Waals surface area contributed by atoms with E-state index in [2.05, 4.69) is 16.8 Å². The van der Waals surface area contributed by atoms with Gasteiger partial charge < -0.3 is 4.74 Å². The molecule has 0 spiro atoms. The Kier molecular flexibility index (Phi) is 5.44. The second kappa shape index (κ2) is 8.15. The Morgan fingerprint density at radius 1 is 1.07 bits per heavy atom. The minimum absolute atomic E-state index is 0.0197. The molecule has 2 heterocycles. The highest BCUT2D eigenvalue weighted by Gasteiger charge is 2.35. The van der Waals surface area contributed by atoms with Crippen LogP contribution in [0.15, 0.2) is 53.5 Å². The molecule has 28 heavy (non-hydrogen) atoms. The van der Waals surface area contributed by atoms with Gasteiger partial charge in [-0.15, -0.1) is 0 Å². The van der Waals surface area contributed by atoms with Crippen LogP contribution in [0.2, 0.25) is 0 Å². The molecule has 0 atom stereocenters. The smallest absolute Gasteiger partial charge is 0.278 e. The molecular weight excluding hydrogens is 350 g/mol. The maximum atomic E-state index is 13.2. The molecule has 0 N–H and O–H groups in total. The number of benzene rings is 2. The van der Waals surface area contributed by atoms with Crippen molar-refractivity contribution < 1.29 is 9.53 Å². The molecule has 2 aliphatic rings. The van der Waals surface area contributed by atoms with Gasteiger partial charge in [0.1, 0.15) is 11.5 Å². The van der Waals surface area contributed by atoms with Gasteiger partial charge in [0.15, 0.2) is 0 Å². The number of anilines is 1. The standard InChI is InChI=1S/C23H27N3O2/c1-3-28-19-10-8-18(9-11-19)24-22-20-6-4-5-7-21(20)26(23(22)27)16-25-14-12-17(2)13-15-25/h4-11,17H,3,12-16H2,1-2H3. The maximum Gasteiger partial charge on any atom is 0.278 e. The summed E-state index contributed by atoms with van der Waals surface area (Å²) in [6.07, 6.45) is 2.38. The molecule has 0 radical (unpaired) electrons. The van der Waals surface area contributed by atoms with E-state index in [1.54, 1.807) is 0 Å². The summed E-state index contributed by atoms with van der Waals surface area (Å²) in [6, 6.07) is 15.5. The first-order chi connectivity index (χ1) is 13.7. The minimum Gasteiger partial charge on any atom is -0.494 e. The van der Waals surface area contributed by atoms with Crippen molar-refractivity contribution >= 4 is 23.0 Å². The maximum absolute atomic E-state index is 13.2. The number of fused-ring (bicyclic) bond motifs is 1. The van der Waals surface area contributed by atoms with Crippen LogP contribution < -0.4 is 9.64 Å². The predicted molar refractivity (Wildman–Crippen MR) is 113 cm³/mol. The summed E-state index contributed by atoms with van der Waals surface area (Å²) >= 11 is 0. The SMILES string of the molecule is CCOc1ccc(N=C2C(=O)N(CN3CCC(C)CC3)c3ccccc32)cc1. The van der Waals surface area contributed by atoms with Gasteiger partial charge in [-0.3, -0.25) is 14.6 Å². The summed E-state index contributed by atoms with van der Waals surface area (Å²) in [6.45, 7) is 7.60. The van der Waals surface area contributed by atoms with Crippen LogP contribution in [-0.4, -0.2) is 42.9 Å². The summed E-state index contributed by atoms with van der Waals surface area (Å²) in [5.41, 5.74) is 3.14. The van der Waals surface area contributed by atoms with E-state index < -0.39 is 0 Å². The van der Waals surface area contributed by atoms with E-state index in [1.807, 2.05) is 60.4 Å². The summed E-state index contributed by atoms with van der Waals surface area (Å²) in [7, 11) is 0. The monoisotopic (exact) mass is 377 g/mol. The van der Waals surface area contributed by atoms with Crippen LogP contribution in [-0.2, 0) is 4.79 Å². The zero-order valence-corrected chi connectivity index (χ0v) is 16.6. The average molecular weight is 377 g/mol. The Bertz CT molecular complexity index is 868. The van der Waals surface area contributed by atoms with E-state index in [4.69, 9.17) is 4.74 Å². The number of carbonyl (C=O) groups is 1. The molecule has 2 aliphatic heterocycles. The lowest BCUT2D eigenvalue weighted by Gasteiger charge is -2.33. The van der Waals surface area contributed by atoms with E-state index in [9.17, 15) is 4.79 Å². The first-order valence-electron chi connectivity index (χ1n) is 10.1. The molecule has 0 aliphatic carbocycles. The second-order valence-electron chi connectivity index (χ2n) is 7.58. The van der Waals surface area contributed by atoms with Gasteiger partial charge >= 0.3 is 0 Å².